The Bertz CT molecular complexity index is 1540. The molecule has 3 aromatic carbocycles. The van der Waals surface area contributed by atoms with E-state index in [2.05, 4.69) is 27.7 Å². The Kier molecular flexibility index (Phi) is 9.24. The molecule has 3 aromatic rings. The van der Waals surface area contributed by atoms with E-state index in [9.17, 15) is 28.3 Å². The van der Waals surface area contributed by atoms with Crippen LogP contribution in [0.25, 0.3) is 0 Å². The molecular formula is C33H34F2N4O5. The van der Waals surface area contributed by atoms with Crippen molar-refractivity contribution in [1.82, 2.24) is 20.4 Å². The predicted octanol–water partition coefficient (Wildman–Crippen LogP) is 4.98. The maximum Gasteiger partial charge on any atom is 0.337 e. The second-order valence-corrected chi connectivity index (χ2v) is 10.9. The van der Waals surface area contributed by atoms with Gasteiger partial charge >= 0.3 is 18.0 Å². The lowest BCUT2D eigenvalue weighted by Crippen LogP contribution is -2.53. The molecule has 230 valence electrons. The van der Waals surface area contributed by atoms with Gasteiger partial charge in [-0.2, -0.15) is 0 Å². The van der Waals surface area contributed by atoms with Crippen molar-refractivity contribution < 1.29 is 33.0 Å². The van der Waals surface area contributed by atoms with Gasteiger partial charge in [-0.15, -0.1) is 0 Å². The molecule has 0 spiro atoms. The summed E-state index contributed by atoms with van der Waals surface area (Å²) < 4.78 is 32.5. The SMILES string of the molecule is COC(=O)C1=CNC(=O)N(C(=O)NCCCN2CCC(c3ccccc3)(c3ccc(O)cc3)CC2)C1c1ccc(F)c(F)c1. The molecule has 0 bridgehead atoms. The van der Waals surface area contributed by atoms with Gasteiger partial charge in [0, 0.05) is 18.2 Å². The molecule has 2 heterocycles. The molecule has 0 aliphatic carbocycles. The lowest BCUT2D eigenvalue weighted by Gasteiger charge is -2.43. The predicted molar refractivity (Wildman–Crippen MR) is 159 cm³/mol. The topological polar surface area (TPSA) is 111 Å². The first-order valence-corrected chi connectivity index (χ1v) is 14.4. The third-order valence-electron chi connectivity index (χ3n) is 8.41. The Morgan fingerprint density at radius 1 is 1.00 bits per heavy atom. The van der Waals surface area contributed by atoms with E-state index in [0.29, 0.717) is 13.0 Å². The number of aromatic hydroxyl groups is 1. The van der Waals surface area contributed by atoms with E-state index in [0.717, 1.165) is 61.8 Å². The van der Waals surface area contributed by atoms with E-state index in [1.807, 2.05) is 30.3 Å². The lowest BCUT2D eigenvalue weighted by atomic mass is 9.68. The molecule has 0 aromatic heterocycles. The van der Waals surface area contributed by atoms with E-state index in [1.54, 1.807) is 12.1 Å². The van der Waals surface area contributed by atoms with E-state index >= 15 is 0 Å². The quantitative estimate of drug-likeness (QED) is 0.247. The van der Waals surface area contributed by atoms with Crippen molar-refractivity contribution in [3.8, 4) is 5.75 Å². The number of methoxy groups -OCH3 is 1. The fourth-order valence-corrected chi connectivity index (χ4v) is 6.08. The van der Waals surface area contributed by atoms with Crippen LogP contribution in [-0.2, 0) is 14.9 Å². The number of benzene rings is 3. The number of esters is 1. The second-order valence-electron chi connectivity index (χ2n) is 10.9. The van der Waals surface area contributed by atoms with Gasteiger partial charge in [0.15, 0.2) is 11.6 Å². The van der Waals surface area contributed by atoms with Crippen LogP contribution in [0.15, 0.2) is 84.6 Å². The summed E-state index contributed by atoms with van der Waals surface area (Å²) in [6.07, 6.45) is 3.45. The maximum atomic E-state index is 14.1. The van der Waals surface area contributed by atoms with Gasteiger partial charge in [-0.3, -0.25) is 0 Å². The number of amides is 4. The minimum Gasteiger partial charge on any atom is -0.508 e. The summed E-state index contributed by atoms with van der Waals surface area (Å²) in [5.74, 6) is -2.88. The molecule has 9 nitrogen and oxygen atoms in total. The number of rotatable bonds is 8. The molecule has 44 heavy (non-hydrogen) atoms. The molecule has 5 rings (SSSR count). The first kappa shape index (κ1) is 30.7. The van der Waals surface area contributed by atoms with Crippen molar-refractivity contribution in [3.05, 3.63) is 113 Å². The van der Waals surface area contributed by atoms with Gasteiger partial charge in [0.05, 0.1) is 12.7 Å². The number of carbonyl (C=O) groups excluding carboxylic acids is 3. The number of imide groups is 1. The average molecular weight is 605 g/mol. The number of piperidine rings is 1. The van der Waals surface area contributed by atoms with Crippen LogP contribution in [0.1, 0.15) is 42.0 Å². The van der Waals surface area contributed by atoms with Crippen molar-refractivity contribution >= 4 is 18.0 Å². The maximum absolute atomic E-state index is 14.1. The lowest BCUT2D eigenvalue weighted by molar-refractivity contribution is -0.136. The van der Waals surface area contributed by atoms with Crippen LogP contribution < -0.4 is 10.6 Å². The number of hydrogen-bond acceptors (Lipinski definition) is 6. The smallest absolute Gasteiger partial charge is 0.337 e. The van der Waals surface area contributed by atoms with Gasteiger partial charge in [0.2, 0.25) is 0 Å². The summed E-state index contributed by atoms with van der Waals surface area (Å²) in [7, 11) is 1.14. The van der Waals surface area contributed by atoms with E-state index in [-0.39, 0.29) is 28.8 Å². The van der Waals surface area contributed by atoms with Crippen LogP contribution in [-0.4, -0.2) is 66.2 Å². The Balaban J connectivity index is 1.22. The molecule has 1 saturated heterocycles. The molecule has 2 aliphatic rings. The normalized spacial score (nSPS) is 18.2. The molecule has 1 unspecified atom stereocenters. The van der Waals surface area contributed by atoms with E-state index in [1.165, 1.54) is 11.6 Å². The average Bonchev–Trinajstić information content (AvgIpc) is 3.05. The van der Waals surface area contributed by atoms with Crippen molar-refractivity contribution in [1.29, 1.82) is 0 Å². The van der Waals surface area contributed by atoms with Crippen molar-refractivity contribution in [2.45, 2.75) is 30.7 Å². The number of urea groups is 2. The standard InChI is InChI=1S/C33H34F2N4O5/c1-44-30(41)26-21-37-32(43)39(29(26)22-8-13-27(34)28(35)20-22)31(42)36-16-5-17-38-18-14-33(15-19-38,23-6-3-2-4-7-23)24-9-11-25(40)12-10-24/h2-4,6-13,20-21,29,40H,5,14-19H2,1H3,(H,36,42)(H,37,43). The molecule has 0 radical (unpaired) electrons. The number of halogens is 2. The Morgan fingerprint density at radius 3 is 2.34 bits per heavy atom. The number of carbonyl (C=O) groups is 3. The van der Waals surface area contributed by atoms with Gasteiger partial charge in [-0.05, 0) is 79.9 Å². The van der Waals surface area contributed by atoms with Crippen molar-refractivity contribution in [2.24, 2.45) is 0 Å². The number of likely N-dealkylation sites (tertiary alicyclic amines) is 1. The van der Waals surface area contributed by atoms with E-state index in [4.69, 9.17) is 4.74 Å². The Morgan fingerprint density at radius 2 is 1.68 bits per heavy atom. The molecule has 0 saturated carbocycles. The first-order chi connectivity index (χ1) is 21.2. The van der Waals surface area contributed by atoms with Gasteiger partial charge in [-0.1, -0.05) is 48.5 Å². The van der Waals surface area contributed by atoms with Crippen molar-refractivity contribution in [2.75, 3.05) is 33.3 Å². The number of ether oxygens (including phenoxy) is 1. The molecule has 1 fully saturated rings. The molecule has 2 aliphatic heterocycles. The fraction of sp³-hybridized carbons (Fsp3) is 0.303. The number of phenolic OH excluding ortho intramolecular Hbond substituents is 1. The highest BCUT2D eigenvalue weighted by molar-refractivity contribution is 6.00. The van der Waals surface area contributed by atoms with Gasteiger partial charge in [0.1, 0.15) is 11.8 Å². The highest BCUT2D eigenvalue weighted by atomic mass is 19.2. The van der Waals surface area contributed by atoms with Gasteiger partial charge in [-0.25, -0.2) is 28.1 Å². The Hall–Kier alpha value is -4.77. The molecule has 4 amide bonds. The van der Waals surface area contributed by atoms with Crippen molar-refractivity contribution in [3.63, 3.8) is 0 Å². The van der Waals surface area contributed by atoms with Gasteiger partial charge < -0.3 is 25.4 Å². The van der Waals surface area contributed by atoms with Crippen LogP contribution in [0.3, 0.4) is 0 Å². The molecular weight excluding hydrogens is 570 g/mol. The summed E-state index contributed by atoms with van der Waals surface area (Å²) in [4.78, 5) is 41.6. The summed E-state index contributed by atoms with van der Waals surface area (Å²) in [6, 6.07) is 17.8. The highest BCUT2D eigenvalue weighted by Crippen LogP contribution is 2.42. The summed E-state index contributed by atoms with van der Waals surface area (Å²) in [5, 5.41) is 14.9. The second kappa shape index (κ2) is 13.3. The summed E-state index contributed by atoms with van der Waals surface area (Å²) in [6.45, 7) is 2.59. The zero-order chi connectivity index (χ0) is 31.3. The largest absolute Gasteiger partial charge is 0.508 e. The minimum absolute atomic E-state index is 0.0365. The fourth-order valence-electron chi connectivity index (χ4n) is 6.08. The third-order valence-corrected chi connectivity index (χ3v) is 8.41. The summed E-state index contributed by atoms with van der Waals surface area (Å²) in [5.41, 5.74) is 2.13. The zero-order valence-electron chi connectivity index (χ0n) is 24.3. The molecule has 1 atom stereocenters. The van der Waals surface area contributed by atoms with Gasteiger partial charge in [0.25, 0.3) is 0 Å². The van der Waals surface area contributed by atoms with Crippen LogP contribution in [0, 0.1) is 11.6 Å². The van der Waals surface area contributed by atoms with E-state index < -0.39 is 35.7 Å². The highest BCUT2D eigenvalue weighted by Gasteiger charge is 2.40. The third kappa shape index (κ3) is 6.28. The molecule has 11 heteroatoms. The monoisotopic (exact) mass is 604 g/mol. The van der Waals surface area contributed by atoms with Crippen LogP contribution >= 0.6 is 0 Å². The van der Waals surface area contributed by atoms with Crippen LogP contribution in [0.2, 0.25) is 0 Å². The number of hydrogen-bond donors (Lipinski definition) is 3. The first-order valence-electron chi connectivity index (χ1n) is 14.4. The minimum atomic E-state index is -1.32. The number of nitrogens with one attached hydrogen (secondary N) is 2. The van der Waals surface area contributed by atoms with Crippen LogP contribution in [0.5, 0.6) is 5.75 Å². The van der Waals surface area contributed by atoms with Crippen LogP contribution in [0.4, 0.5) is 18.4 Å². The number of nitrogens with zero attached hydrogens (tertiary/aromatic N) is 2. The number of phenols is 1. The Labute approximate surface area is 254 Å². The summed E-state index contributed by atoms with van der Waals surface area (Å²) >= 11 is 0. The zero-order valence-corrected chi connectivity index (χ0v) is 24.3. The molecule has 3 N–H and O–H groups in total.